The van der Waals surface area contributed by atoms with E-state index >= 15 is 0 Å². The molecule has 0 aliphatic heterocycles. The van der Waals surface area contributed by atoms with Crippen LogP contribution in [0.3, 0.4) is 0 Å². The number of carbonyl (C=O) groups excluding carboxylic acids is 1. The summed E-state index contributed by atoms with van der Waals surface area (Å²) in [5.41, 5.74) is 1.46. The molecule has 0 N–H and O–H groups in total. The number of carbonyl (C=O) groups is 1. The van der Waals surface area contributed by atoms with Gasteiger partial charge in [-0.25, -0.2) is 4.98 Å². The molecular weight excluding hydrogens is 445 g/mol. The molecule has 1 aromatic heterocycles. The van der Waals surface area contributed by atoms with Gasteiger partial charge in [-0.1, -0.05) is 55.0 Å². The molecule has 8 heteroatoms. The fourth-order valence-corrected chi connectivity index (χ4v) is 4.93. The summed E-state index contributed by atoms with van der Waals surface area (Å²) in [6.45, 7) is 7.55. The molecule has 0 spiro atoms. The Morgan fingerprint density at radius 1 is 1.10 bits per heavy atom. The highest BCUT2D eigenvalue weighted by Gasteiger charge is 2.24. The van der Waals surface area contributed by atoms with Gasteiger partial charge < -0.3 is 4.90 Å². The Balaban J connectivity index is 0.00000300. The molecule has 3 rings (SSSR count). The topological polar surface area (TPSA) is 36.4 Å². The molecule has 0 radical (unpaired) electrons. The Morgan fingerprint density at radius 3 is 2.48 bits per heavy atom. The van der Waals surface area contributed by atoms with Crippen molar-refractivity contribution < 1.29 is 4.79 Å². The fraction of sp³-hybridized carbons (Fsp3) is 0.333. The lowest BCUT2D eigenvalue weighted by atomic mass is 10.2. The van der Waals surface area contributed by atoms with E-state index in [9.17, 15) is 4.79 Å². The smallest absolute Gasteiger partial charge is 0.261 e. The van der Waals surface area contributed by atoms with Gasteiger partial charge in [0.1, 0.15) is 5.52 Å². The van der Waals surface area contributed by atoms with Crippen molar-refractivity contribution in [2.45, 2.75) is 18.7 Å². The second kappa shape index (κ2) is 11.2. The summed E-state index contributed by atoms with van der Waals surface area (Å²) in [5, 5.41) is 1.30. The monoisotopic (exact) mass is 469 g/mol. The first kappa shape index (κ1) is 24.0. The molecule has 1 heterocycles. The summed E-state index contributed by atoms with van der Waals surface area (Å²) < 4.78 is 0.987. The standard InChI is InChI=1S/C21H24ClN3OS2.ClH/c1-4-24(5-2)13-14-25(20(26)15-9-6-7-11-17(15)27-3)21-23-19-16(22)10-8-12-18(19)28-21;/h6-12H,4-5,13-14H2,1-3H3;1H. The SMILES string of the molecule is CCN(CC)CCN(C(=O)c1ccccc1SC)c1nc2c(Cl)cccc2s1.Cl. The lowest BCUT2D eigenvalue weighted by Crippen LogP contribution is -2.39. The Bertz CT molecular complexity index is 960. The van der Waals surface area contributed by atoms with Crippen molar-refractivity contribution >= 4 is 68.4 Å². The van der Waals surface area contributed by atoms with Gasteiger partial charge in [0.2, 0.25) is 0 Å². The van der Waals surface area contributed by atoms with Crippen LogP contribution < -0.4 is 4.90 Å². The van der Waals surface area contributed by atoms with Crippen LogP contribution in [0.2, 0.25) is 5.02 Å². The van der Waals surface area contributed by atoms with Crippen LogP contribution >= 0.6 is 47.1 Å². The minimum Gasteiger partial charge on any atom is -0.302 e. The normalized spacial score (nSPS) is 10.9. The third kappa shape index (κ3) is 5.44. The molecule has 0 unspecified atom stereocenters. The van der Waals surface area contributed by atoms with Crippen molar-refractivity contribution in [1.29, 1.82) is 0 Å². The van der Waals surface area contributed by atoms with Crippen LogP contribution in [0.15, 0.2) is 47.4 Å². The lowest BCUT2D eigenvalue weighted by molar-refractivity contribution is 0.0981. The molecule has 0 saturated heterocycles. The Labute approximate surface area is 191 Å². The largest absolute Gasteiger partial charge is 0.302 e. The average Bonchev–Trinajstić information content (AvgIpc) is 3.16. The number of hydrogen-bond donors (Lipinski definition) is 0. The van der Waals surface area contributed by atoms with E-state index in [1.165, 1.54) is 11.3 Å². The zero-order valence-electron chi connectivity index (χ0n) is 16.7. The molecule has 29 heavy (non-hydrogen) atoms. The molecule has 2 aromatic carbocycles. The number of rotatable bonds is 8. The van der Waals surface area contributed by atoms with Gasteiger partial charge in [-0.3, -0.25) is 9.69 Å². The zero-order chi connectivity index (χ0) is 20.1. The first-order chi connectivity index (χ1) is 13.6. The molecular formula is C21H25Cl2N3OS2. The van der Waals surface area contributed by atoms with Gasteiger partial charge in [-0.2, -0.15) is 0 Å². The van der Waals surface area contributed by atoms with Crippen LogP contribution in [0.25, 0.3) is 10.2 Å². The maximum absolute atomic E-state index is 13.5. The predicted molar refractivity (Wildman–Crippen MR) is 130 cm³/mol. The minimum absolute atomic E-state index is 0. The second-order valence-electron chi connectivity index (χ2n) is 6.27. The first-order valence-electron chi connectivity index (χ1n) is 9.31. The third-order valence-electron chi connectivity index (χ3n) is 4.71. The van der Waals surface area contributed by atoms with Gasteiger partial charge in [0.25, 0.3) is 5.91 Å². The van der Waals surface area contributed by atoms with Crippen molar-refractivity contribution in [1.82, 2.24) is 9.88 Å². The van der Waals surface area contributed by atoms with Gasteiger partial charge >= 0.3 is 0 Å². The molecule has 0 aliphatic rings. The van der Waals surface area contributed by atoms with Gasteiger partial charge in [-0.15, -0.1) is 24.2 Å². The maximum Gasteiger partial charge on any atom is 0.261 e. The third-order valence-corrected chi connectivity index (χ3v) is 6.85. The molecule has 0 fully saturated rings. The van der Waals surface area contributed by atoms with Crippen LogP contribution in [0, 0.1) is 0 Å². The number of benzene rings is 2. The van der Waals surface area contributed by atoms with Crippen molar-refractivity contribution in [3.05, 3.63) is 53.1 Å². The van der Waals surface area contributed by atoms with Crippen LogP contribution in [-0.2, 0) is 0 Å². The molecule has 0 saturated carbocycles. The molecule has 156 valence electrons. The Hall–Kier alpha value is -1.31. The quantitative estimate of drug-likeness (QED) is 0.374. The van der Waals surface area contributed by atoms with Gasteiger partial charge in [0.05, 0.1) is 15.3 Å². The molecule has 0 aliphatic carbocycles. The first-order valence-corrected chi connectivity index (χ1v) is 11.7. The Kier molecular flexibility index (Phi) is 9.24. The molecule has 0 bridgehead atoms. The zero-order valence-corrected chi connectivity index (χ0v) is 19.9. The van der Waals surface area contributed by atoms with Crippen molar-refractivity contribution in [2.24, 2.45) is 0 Å². The average molecular weight is 470 g/mol. The summed E-state index contributed by atoms with van der Waals surface area (Å²) in [6.07, 6.45) is 1.99. The van der Waals surface area contributed by atoms with Gasteiger partial charge in [-0.05, 0) is 43.6 Å². The van der Waals surface area contributed by atoms with Crippen molar-refractivity contribution in [3.63, 3.8) is 0 Å². The summed E-state index contributed by atoms with van der Waals surface area (Å²) in [6, 6.07) is 13.5. The van der Waals surface area contributed by atoms with E-state index in [-0.39, 0.29) is 18.3 Å². The maximum atomic E-state index is 13.5. The molecule has 4 nitrogen and oxygen atoms in total. The minimum atomic E-state index is -0.0210. The summed E-state index contributed by atoms with van der Waals surface area (Å²) >= 11 is 9.41. The number of anilines is 1. The number of aromatic nitrogens is 1. The molecule has 1 amide bonds. The summed E-state index contributed by atoms with van der Waals surface area (Å²) in [5.74, 6) is -0.0210. The van der Waals surface area contributed by atoms with Gasteiger partial charge in [0.15, 0.2) is 5.13 Å². The number of thioether (sulfide) groups is 1. The second-order valence-corrected chi connectivity index (χ2v) is 8.53. The highest BCUT2D eigenvalue weighted by atomic mass is 35.5. The van der Waals surface area contributed by atoms with E-state index < -0.39 is 0 Å². The van der Waals surface area contributed by atoms with E-state index in [2.05, 4.69) is 18.7 Å². The van der Waals surface area contributed by atoms with Crippen LogP contribution in [0.4, 0.5) is 5.13 Å². The number of hydrogen-bond acceptors (Lipinski definition) is 5. The predicted octanol–water partition coefficient (Wildman–Crippen LogP) is 6.08. The molecule has 0 atom stereocenters. The number of likely N-dealkylation sites (N-methyl/N-ethyl adjacent to an activating group) is 1. The summed E-state index contributed by atoms with van der Waals surface area (Å²) in [4.78, 5) is 23.3. The Morgan fingerprint density at radius 2 is 1.83 bits per heavy atom. The number of nitrogens with zero attached hydrogens (tertiary/aromatic N) is 3. The highest BCUT2D eigenvalue weighted by molar-refractivity contribution is 7.98. The fourth-order valence-electron chi connectivity index (χ4n) is 3.05. The van der Waals surface area contributed by atoms with Gasteiger partial charge in [0, 0.05) is 18.0 Å². The lowest BCUT2D eigenvalue weighted by Gasteiger charge is -2.25. The van der Waals surface area contributed by atoms with E-state index in [4.69, 9.17) is 16.6 Å². The van der Waals surface area contributed by atoms with E-state index in [0.29, 0.717) is 22.3 Å². The highest BCUT2D eigenvalue weighted by Crippen LogP contribution is 2.34. The van der Waals surface area contributed by atoms with E-state index in [1.54, 1.807) is 16.7 Å². The van der Waals surface area contributed by atoms with Crippen LogP contribution in [0.1, 0.15) is 24.2 Å². The molecule has 3 aromatic rings. The van der Waals surface area contributed by atoms with Crippen molar-refractivity contribution in [2.75, 3.05) is 37.3 Å². The van der Waals surface area contributed by atoms with Crippen LogP contribution in [-0.4, -0.2) is 48.2 Å². The number of para-hydroxylation sites is 1. The van der Waals surface area contributed by atoms with E-state index in [0.717, 1.165) is 34.7 Å². The summed E-state index contributed by atoms with van der Waals surface area (Å²) in [7, 11) is 0. The number of halogens is 2. The number of thiazole rings is 1. The number of amides is 1. The van der Waals surface area contributed by atoms with Crippen LogP contribution in [0.5, 0.6) is 0 Å². The van der Waals surface area contributed by atoms with E-state index in [1.807, 2.05) is 48.7 Å². The number of fused-ring (bicyclic) bond motifs is 1. The van der Waals surface area contributed by atoms with Crippen molar-refractivity contribution in [3.8, 4) is 0 Å².